The van der Waals surface area contributed by atoms with Crippen LogP contribution in [0.15, 0.2) is 0 Å². The molecule has 0 spiro atoms. The summed E-state index contributed by atoms with van der Waals surface area (Å²) in [6, 6.07) is 0. The first kappa shape index (κ1) is 19.3. The van der Waals surface area contributed by atoms with Crippen molar-refractivity contribution in [1.29, 1.82) is 0 Å². The first-order valence-corrected chi connectivity index (χ1v) is 8.27. The molecule has 0 aliphatic carbocycles. The molecular weight excluding hydrogens is 282 g/mol. The van der Waals surface area contributed by atoms with Crippen LogP contribution in [-0.4, -0.2) is 79.8 Å². The van der Waals surface area contributed by atoms with E-state index in [1.807, 2.05) is 32.8 Å². The lowest BCUT2D eigenvalue weighted by Gasteiger charge is -2.29. The van der Waals surface area contributed by atoms with Gasteiger partial charge >= 0.3 is 5.97 Å². The normalized spacial score (nSPS) is 12.6. The van der Waals surface area contributed by atoms with Gasteiger partial charge in [-0.15, -0.1) is 0 Å². The number of hydrogen-bond donors (Lipinski definition) is 1. The van der Waals surface area contributed by atoms with Gasteiger partial charge in [0.2, 0.25) is 0 Å². The Kier molecular flexibility index (Phi) is 8.95. The third-order valence-corrected chi connectivity index (χ3v) is 4.69. The predicted molar refractivity (Wildman–Crippen MR) is 78.8 cm³/mol. The third-order valence-electron chi connectivity index (χ3n) is 2.71. The van der Waals surface area contributed by atoms with E-state index in [4.69, 9.17) is 5.11 Å². The first-order chi connectivity index (χ1) is 9.25. The van der Waals surface area contributed by atoms with Gasteiger partial charge in [0.15, 0.2) is 0 Å². The summed E-state index contributed by atoms with van der Waals surface area (Å²) in [7, 11) is -0.0773. The standard InChI is InChI=1S/C12H27N3O4S/c1-5-7-14(8-6-2)20(18,19)15(11-12(16)17)10-9-13(3)4/h5-11H2,1-4H3,(H,16,17). The quantitative estimate of drug-likeness (QED) is 0.594. The van der Waals surface area contributed by atoms with Crippen molar-refractivity contribution in [2.24, 2.45) is 0 Å². The summed E-state index contributed by atoms with van der Waals surface area (Å²) < 4.78 is 27.5. The zero-order valence-electron chi connectivity index (χ0n) is 12.9. The molecule has 0 aromatic rings. The summed E-state index contributed by atoms with van der Waals surface area (Å²) in [5, 5.41) is 8.92. The molecule has 7 nitrogen and oxygen atoms in total. The Bertz CT molecular complexity index is 378. The Labute approximate surface area is 122 Å². The second-order valence-corrected chi connectivity index (χ2v) is 6.87. The van der Waals surface area contributed by atoms with Crippen LogP contribution in [0.2, 0.25) is 0 Å². The van der Waals surface area contributed by atoms with E-state index in [0.717, 1.165) is 4.31 Å². The maximum Gasteiger partial charge on any atom is 0.318 e. The Balaban J connectivity index is 5.10. The molecule has 0 atom stereocenters. The lowest BCUT2D eigenvalue weighted by Crippen LogP contribution is -2.48. The maximum atomic E-state index is 12.5. The molecular formula is C12H27N3O4S. The highest BCUT2D eigenvalue weighted by Crippen LogP contribution is 2.10. The summed E-state index contributed by atoms with van der Waals surface area (Å²) in [5.74, 6) is -1.14. The third kappa shape index (κ3) is 6.65. The van der Waals surface area contributed by atoms with Gasteiger partial charge in [0.1, 0.15) is 6.54 Å². The van der Waals surface area contributed by atoms with E-state index in [2.05, 4.69) is 0 Å². The van der Waals surface area contributed by atoms with Gasteiger partial charge in [-0.05, 0) is 26.9 Å². The summed E-state index contributed by atoms with van der Waals surface area (Å²) in [4.78, 5) is 12.7. The van der Waals surface area contributed by atoms with Crippen molar-refractivity contribution in [3.8, 4) is 0 Å². The second-order valence-electron chi connectivity index (χ2n) is 4.94. The molecule has 0 saturated carbocycles. The van der Waals surface area contributed by atoms with Crippen molar-refractivity contribution in [3.05, 3.63) is 0 Å². The van der Waals surface area contributed by atoms with Crippen LogP contribution in [0.1, 0.15) is 26.7 Å². The topological polar surface area (TPSA) is 81.2 Å². The van der Waals surface area contributed by atoms with Crippen molar-refractivity contribution in [2.75, 3.05) is 46.8 Å². The summed E-state index contributed by atoms with van der Waals surface area (Å²) in [6.07, 6.45) is 1.40. The highest BCUT2D eigenvalue weighted by molar-refractivity contribution is 7.86. The van der Waals surface area contributed by atoms with Crippen molar-refractivity contribution >= 4 is 16.2 Å². The summed E-state index contributed by atoms with van der Waals surface area (Å²) in [5.41, 5.74) is 0. The number of nitrogens with zero attached hydrogens (tertiary/aromatic N) is 3. The minimum absolute atomic E-state index is 0.172. The predicted octanol–water partition coefficient (Wildman–Crippen LogP) is 0.301. The van der Waals surface area contributed by atoms with Gasteiger partial charge in [-0.3, -0.25) is 4.79 Å². The molecule has 8 heteroatoms. The molecule has 0 aromatic carbocycles. The van der Waals surface area contributed by atoms with Gasteiger partial charge in [-0.2, -0.15) is 17.0 Å². The fourth-order valence-electron chi connectivity index (χ4n) is 1.74. The molecule has 0 unspecified atom stereocenters. The van der Waals surface area contributed by atoms with Crippen molar-refractivity contribution in [3.63, 3.8) is 0 Å². The van der Waals surface area contributed by atoms with Crippen LogP contribution in [0.5, 0.6) is 0 Å². The van der Waals surface area contributed by atoms with Crippen LogP contribution in [0.25, 0.3) is 0 Å². The Morgan fingerprint density at radius 2 is 1.45 bits per heavy atom. The van der Waals surface area contributed by atoms with Crippen LogP contribution in [0.4, 0.5) is 0 Å². The van der Waals surface area contributed by atoms with E-state index >= 15 is 0 Å². The number of hydrogen-bond acceptors (Lipinski definition) is 4. The van der Waals surface area contributed by atoms with Crippen LogP contribution in [-0.2, 0) is 15.0 Å². The molecule has 0 aliphatic rings. The SMILES string of the molecule is CCCN(CCC)S(=O)(=O)N(CCN(C)C)CC(=O)O. The molecule has 0 aromatic heterocycles. The van der Waals surface area contributed by atoms with Gasteiger partial charge in [0.25, 0.3) is 10.2 Å². The van der Waals surface area contributed by atoms with Gasteiger partial charge in [-0.1, -0.05) is 13.8 Å². The molecule has 0 bridgehead atoms. The van der Waals surface area contributed by atoms with E-state index in [1.165, 1.54) is 4.31 Å². The number of likely N-dealkylation sites (N-methyl/N-ethyl adjacent to an activating group) is 1. The molecule has 1 N–H and O–H groups in total. The zero-order chi connectivity index (χ0) is 15.8. The smallest absolute Gasteiger partial charge is 0.318 e. The highest BCUT2D eigenvalue weighted by atomic mass is 32.2. The zero-order valence-corrected chi connectivity index (χ0v) is 13.7. The molecule has 20 heavy (non-hydrogen) atoms. The lowest BCUT2D eigenvalue weighted by molar-refractivity contribution is -0.137. The van der Waals surface area contributed by atoms with E-state index in [0.29, 0.717) is 32.5 Å². The molecule has 0 saturated heterocycles. The number of carboxylic acid groups (broad SMARTS) is 1. The maximum absolute atomic E-state index is 12.5. The fraction of sp³-hybridized carbons (Fsp3) is 0.917. The van der Waals surface area contributed by atoms with Crippen LogP contribution in [0.3, 0.4) is 0 Å². The van der Waals surface area contributed by atoms with E-state index < -0.39 is 22.7 Å². The molecule has 0 heterocycles. The summed E-state index contributed by atoms with van der Waals surface area (Å²) in [6.45, 7) is 4.78. The molecule has 0 aliphatic heterocycles. The minimum atomic E-state index is -3.72. The largest absolute Gasteiger partial charge is 0.480 e. The monoisotopic (exact) mass is 309 g/mol. The number of carbonyl (C=O) groups is 1. The van der Waals surface area contributed by atoms with Crippen molar-refractivity contribution in [2.45, 2.75) is 26.7 Å². The Hall–Kier alpha value is -0.700. The van der Waals surface area contributed by atoms with Crippen molar-refractivity contribution < 1.29 is 18.3 Å². The second kappa shape index (κ2) is 9.28. The van der Waals surface area contributed by atoms with Gasteiger partial charge in [-0.25, -0.2) is 0 Å². The minimum Gasteiger partial charge on any atom is -0.480 e. The van der Waals surface area contributed by atoms with Crippen LogP contribution >= 0.6 is 0 Å². The van der Waals surface area contributed by atoms with Crippen LogP contribution in [0, 0.1) is 0 Å². The average molecular weight is 309 g/mol. The lowest BCUT2D eigenvalue weighted by atomic mass is 10.4. The molecule has 0 rings (SSSR count). The van der Waals surface area contributed by atoms with E-state index in [9.17, 15) is 13.2 Å². The van der Waals surface area contributed by atoms with E-state index in [-0.39, 0.29) is 6.54 Å². The Morgan fingerprint density at radius 3 is 1.80 bits per heavy atom. The van der Waals surface area contributed by atoms with Gasteiger partial charge < -0.3 is 10.0 Å². The molecule has 0 radical (unpaired) electrons. The number of carboxylic acids is 1. The van der Waals surface area contributed by atoms with Gasteiger partial charge in [0.05, 0.1) is 0 Å². The molecule has 0 amide bonds. The molecule has 120 valence electrons. The molecule has 0 fully saturated rings. The Morgan fingerprint density at radius 1 is 0.950 bits per heavy atom. The number of rotatable bonds is 11. The highest BCUT2D eigenvalue weighted by Gasteiger charge is 2.30. The summed E-state index contributed by atoms with van der Waals surface area (Å²) >= 11 is 0. The first-order valence-electron chi connectivity index (χ1n) is 6.87. The fourth-order valence-corrected chi connectivity index (χ4v) is 3.48. The average Bonchev–Trinajstić information content (AvgIpc) is 2.33. The van der Waals surface area contributed by atoms with Crippen molar-refractivity contribution in [1.82, 2.24) is 13.5 Å². The van der Waals surface area contributed by atoms with E-state index in [1.54, 1.807) is 0 Å². The number of aliphatic carboxylic acids is 1. The van der Waals surface area contributed by atoms with Crippen LogP contribution < -0.4 is 0 Å². The van der Waals surface area contributed by atoms with Gasteiger partial charge in [0, 0.05) is 26.2 Å².